The fourth-order valence-corrected chi connectivity index (χ4v) is 3.87. The van der Waals surface area contributed by atoms with Crippen LogP contribution in [0, 0.1) is 11.7 Å². The number of sulfonamides is 1. The van der Waals surface area contributed by atoms with E-state index in [1.165, 1.54) is 24.3 Å². The van der Waals surface area contributed by atoms with Gasteiger partial charge < -0.3 is 5.73 Å². The van der Waals surface area contributed by atoms with Gasteiger partial charge in [-0.05, 0) is 43.4 Å². The van der Waals surface area contributed by atoms with Crippen LogP contribution in [0.3, 0.4) is 0 Å². The van der Waals surface area contributed by atoms with Crippen LogP contribution >= 0.6 is 0 Å². The van der Waals surface area contributed by atoms with Gasteiger partial charge in [0.05, 0.1) is 5.75 Å². The average Bonchev–Trinajstić information content (AvgIpc) is 3.15. The second kappa shape index (κ2) is 5.19. The smallest absolute Gasteiger partial charge is 0.216 e. The van der Waals surface area contributed by atoms with Gasteiger partial charge >= 0.3 is 0 Å². The number of halogens is 1. The Bertz CT molecular complexity index is 540. The Morgan fingerprint density at radius 1 is 1.37 bits per heavy atom. The standard InChI is InChI=1S/C13H19FN2O2S/c1-13(9-15,11-4-5-11)16-19(17,18)8-10-2-6-12(14)7-3-10/h2-3,6-7,11,16H,4-5,8-9,15H2,1H3. The number of benzene rings is 1. The zero-order valence-electron chi connectivity index (χ0n) is 10.9. The minimum atomic E-state index is -3.47. The van der Waals surface area contributed by atoms with Crippen LogP contribution in [-0.2, 0) is 15.8 Å². The summed E-state index contributed by atoms with van der Waals surface area (Å²) in [6, 6.07) is 5.47. The van der Waals surface area contributed by atoms with Crippen molar-refractivity contribution >= 4 is 10.0 Å². The lowest BCUT2D eigenvalue weighted by Crippen LogP contribution is -2.53. The second-order valence-electron chi connectivity index (χ2n) is 5.38. The normalized spacial score (nSPS) is 19.1. The van der Waals surface area contributed by atoms with E-state index in [0.717, 1.165) is 12.8 Å². The first kappa shape index (κ1) is 14.4. The highest BCUT2D eigenvalue weighted by Gasteiger charge is 2.42. The molecule has 1 atom stereocenters. The third-order valence-corrected chi connectivity index (χ3v) is 5.05. The number of nitrogens with one attached hydrogen (secondary N) is 1. The Morgan fingerprint density at radius 2 is 1.95 bits per heavy atom. The SMILES string of the molecule is CC(CN)(NS(=O)(=O)Cc1ccc(F)cc1)C1CC1. The lowest BCUT2D eigenvalue weighted by atomic mass is 9.98. The number of hydrogen-bond acceptors (Lipinski definition) is 3. The van der Waals surface area contributed by atoms with Crippen molar-refractivity contribution in [1.82, 2.24) is 4.72 Å². The Kier molecular flexibility index (Phi) is 3.94. The van der Waals surface area contributed by atoms with Crippen LogP contribution in [0.1, 0.15) is 25.3 Å². The molecule has 106 valence electrons. The van der Waals surface area contributed by atoms with E-state index in [-0.39, 0.29) is 18.1 Å². The van der Waals surface area contributed by atoms with Gasteiger partial charge in [0.25, 0.3) is 0 Å². The molecule has 0 radical (unpaired) electrons. The third kappa shape index (κ3) is 3.75. The van der Waals surface area contributed by atoms with Gasteiger partial charge in [-0.2, -0.15) is 0 Å². The van der Waals surface area contributed by atoms with Crippen molar-refractivity contribution < 1.29 is 12.8 Å². The molecular formula is C13H19FN2O2S. The summed E-state index contributed by atoms with van der Waals surface area (Å²) in [5.41, 5.74) is 5.68. The molecule has 2 rings (SSSR count). The second-order valence-corrected chi connectivity index (χ2v) is 7.11. The van der Waals surface area contributed by atoms with E-state index < -0.39 is 15.6 Å². The molecular weight excluding hydrogens is 267 g/mol. The van der Waals surface area contributed by atoms with Gasteiger partial charge in [0.1, 0.15) is 5.82 Å². The van der Waals surface area contributed by atoms with Gasteiger partial charge in [0.2, 0.25) is 10.0 Å². The minimum Gasteiger partial charge on any atom is -0.329 e. The molecule has 0 spiro atoms. The minimum absolute atomic E-state index is 0.157. The number of rotatable bonds is 6. The van der Waals surface area contributed by atoms with Crippen molar-refractivity contribution in [2.75, 3.05) is 6.54 Å². The number of hydrogen-bond donors (Lipinski definition) is 2. The Labute approximate surface area is 113 Å². The van der Waals surface area contributed by atoms with E-state index >= 15 is 0 Å². The topological polar surface area (TPSA) is 72.2 Å². The van der Waals surface area contributed by atoms with Crippen molar-refractivity contribution in [3.05, 3.63) is 35.6 Å². The molecule has 1 fully saturated rings. The van der Waals surface area contributed by atoms with E-state index in [9.17, 15) is 12.8 Å². The average molecular weight is 286 g/mol. The maximum atomic E-state index is 12.8. The highest BCUT2D eigenvalue weighted by atomic mass is 32.2. The number of nitrogens with two attached hydrogens (primary N) is 1. The van der Waals surface area contributed by atoms with Gasteiger partial charge in [0, 0.05) is 12.1 Å². The maximum absolute atomic E-state index is 12.8. The zero-order chi connectivity index (χ0) is 14.1. The van der Waals surface area contributed by atoms with Crippen LogP contribution < -0.4 is 10.5 Å². The van der Waals surface area contributed by atoms with Crippen molar-refractivity contribution in [3.63, 3.8) is 0 Å². The van der Waals surface area contributed by atoms with Gasteiger partial charge in [-0.15, -0.1) is 0 Å². The highest BCUT2D eigenvalue weighted by Crippen LogP contribution is 2.39. The summed E-state index contributed by atoms with van der Waals surface area (Å²) in [5.74, 6) is -0.213. The molecule has 1 aliphatic rings. The van der Waals surface area contributed by atoms with E-state index in [2.05, 4.69) is 4.72 Å². The monoisotopic (exact) mass is 286 g/mol. The summed E-state index contributed by atoms with van der Waals surface area (Å²) in [4.78, 5) is 0. The molecule has 1 aliphatic carbocycles. The van der Waals surface area contributed by atoms with E-state index in [4.69, 9.17) is 5.73 Å². The Hall–Kier alpha value is -0.980. The first-order valence-corrected chi connectivity index (χ1v) is 7.96. The fourth-order valence-electron chi connectivity index (χ4n) is 2.20. The first-order chi connectivity index (χ1) is 8.85. The van der Waals surface area contributed by atoms with Gasteiger partial charge in [-0.1, -0.05) is 12.1 Å². The summed E-state index contributed by atoms with van der Waals surface area (Å²) in [6.45, 7) is 2.12. The molecule has 1 saturated carbocycles. The molecule has 0 heterocycles. The van der Waals surface area contributed by atoms with E-state index in [1.807, 2.05) is 6.92 Å². The molecule has 0 amide bonds. The molecule has 3 N–H and O–H groups in total. The van der Waals surface area contributed by atoms with Crippen LogP contribution in [0.4, 0.5) is 4.39 Å². The van der Waals surface area contributed by atoms with Crippen molar-refractivity contribution in [2.24, 2.45) is 11.7 Å². The molecule has 6 heteroatoms. The van der Waals surface area contributed by atoms with Gasteiger partial charge in [0.15, 0.2) is 0 Å². The summed E-state index contributed by atoms with van der Waals surface area (Å²) < 4.78 is 39.7. The molecule has 0 bridgehead atoms. The quantitative estimate of drug-likeness (QED) is 0.829. The lowest BCUT2D eigenvalue weighted by Gasteiger charge is -2.29. The molecule has 0 aliphatic heterocycles. The Balaban J connectivity index is 2.08. The first-order valence-electron chi connectivity index (χ1n) is 6.31. The van der Waals surface area contributed by atoms with Crippen LogP contribution in [0.25, 0.3) is 0 Å². The predicted molar refractivity (Wildman–Crippen MR) is 72.3 cm³/mol. The Morgan fingerprint density at radius 3 is 2.42 bits per heavy atom. The van der Waals surface area contributed by atoms with Crippen LogP contribution in [0.5, 0.6) is 0 Å². The highest BCUT2D eigenvalue weighted by molar-refractivity contribution is 7.88. The van der Waals surface area contributed by atoms with Gasteiger partial charge in [-0.3, -0.25) is 0 Å². The van der Waals surface area contributed by atoms with Crippen molar-refractivity contribution in [1.29, 1.82) is 0 Å². The van der Waals surface area contributed by atoms with Gasteiger partial charge in [-0.25, -0.2) is 17.5 Å². The molecule has 1 aromatic rings. The maximum Gasteiger partial charge on any atom is 0.216 e. The summed E-state index contributed by atoms with van der Waals surface area (Å²) in [7, 11) is -3.47. The van der Waals surface area contributed by atoms with E-state index in [1.54, 1.807) is 0 Å². The predicted octanol–water partition coefficient (Wildman–Crippen LogP) is 1.37. The fraction of sp³-hybridized carbons (Fsp3) is 0.538. The molecule has 0 aromatic heterocycles. The zero-order valence-corrected chi connectivity index (χ0v) is 11.7. The summed E-state index contributed by atoms with van der Waals surface area (Å²) in [6.07, 6.45) is 2.01. The summed E-state index contributed by atoms with van der Waals surface area (Å²) >= 11 is 0. The van der Waals surface area contributed by atoms with Crippen LogP contribution in [-0.4, -0.2) is 20.5 Å². The van der Waals surface area contributed by atoms with Crippen molar-refractivity contribution in [3.8, 4) is 0 Å². The lowest BCUT2D eigenvalue weighted by molar-refractivity contribution is 0.374. The third-order valence-electron chi connectivity index (χ3n) is 3.56. The van der Waals surface area contributed by atoms with Crippen LogP contribution in [0.2, 0.25) is 0 Å². The van der Waals surface area contributed by atoms with E-state index in [0.29, 0.717) is 11.5 Å². The molecule has 1 aromatic carbocycles. The summed E-state index contributed by atoms with van der Waals surface area (Å²) in [5, 5.41) is 0. The van der Waals surface area contributed by atoms with Crippen molar-refractivity contribution in [2.45, 2.75) is 31.1 Å². The molecule has 1 unspecified atom stereocenters. The van der Waals surface area contributed by atoms with Crippen LogP contribution in [0.15, 0.2) is 24.3 Å². The molecule has 4 nitrogen and oxygen atoms in total. The molecule has 0 saturated heterocycles. The largest absolute Gasteiger partial charge is 0.329 e. The molecule has 19 heavy (non-hydrogen) atoms.